The normalized spacial score (nSPS) is 19.2. The molecule has 0 spiro atoms. The molecular formula is C12H13NO3S. The topological polar surface area (TPSA) is 69.9 Å². The van der Waals surface area contributed by atoms with Crippen LogP contribution in [0, 0.1) is 13.8 Å². The number of aliphatic imine (C=N–C) groups is 1. The number of hydrogen-bond acceptors (Lipinski definition) is 4. The molecule has 0 aromatic heterocycles. The van der Waals surface area contributed by atoms with Crippen LogP contribution in [0.1, 0.15) is 16.7 Å². The third-order valence-electron chi connectivity index (χ3n) is 2.67. The van der Waals surface area contributed by atoms with E-state index in [1.165, 1.54) is 11.8 Å². The van der Waals surface area contributed by atoms with Crippen molar-refractivity contribution in [2.45, 2.75) is 19.9 Å². The standard InChI is InChI=1S/C12H13NO3S/c1-6-3-8(4-7(2)10(6)14)11-13-9(5-17-11)12(15)16/h3-4,9,14H,5H2,1-2H3,(H,15,16). The van der Waals surface area contributed by atoms with E-state index >= 15 is 0 Å². The number of aliphatic carboxylic acids is 1. The summed E-state index contributed by atoms with van der Waals surface area (Å²) in [4.78, 5) is 15.0. The molecule has 0 fully saturated rings. The lowest BCUT2D eigenvalue weighted by atomic mass is 10.1. The lowest BCUT2D eigenvalue weighted by molar-refractivity contribution is -0.137. The largest absolute Gasteiger partial charge is 0.507 e. The van der Waals surface area contributed by atoms with Crippen molar-refractivity contribution in [3.05, 3.63) is 28.8 Å². The molecule has 17 heavy (non-hydrogen) atoms. The zero-order chi connectivity index (χ0) is 12.6. The van der Waals surface area contributed by atoms with Gasteiger partial charge in [0, 0.05) is 11.3 Å². The lowest BCUT2D eigenvalue weighted by Gasteiger charge is -2.07. The summed E-state index contributed by atoms with van der Waals surface area (Å²) in [6.45, 7) is 3.64. The summed E-state index contributed by atoms with van der Waals surface area (Å²) in [5, 5.41) is 19.3. The Morgan fingerprint density at radius 1 is 1.41 bits per heavy atom. The predicted molar refractivity (Wildman–Crippen MR) is 68.0 cm³/mol. The number of phenols is 1. The van der Waals surface area contributed by atoms with Crippen molar-refractivity contribution < 1.29 is 15.0 Å². The number of carbonyl (C=O) groups is 1. The van der Waals surface area contributed by atoms with Crippen LogP contribution in [0.2, 0.25) is 0 Å². The van der Waals surface area contributed by atoms with E-state index in [1.807, 2.05) is 26.0 Å². The lowest BCUT2D eigenvalue weighted by Crippen LogP contribution is -2.17. The minimum absolute atomic E-state index is 0.284. The number of nitrogens with zero attached hydrogens (tertiary/aromatic N) is 1. The molecule has 0 saturated carbocycles. The van der Waals surface area contributed by atoms with E-state index in [0.29, 0.717) is 5.75 Å². The smallest absolute Gasteiger partial charge is 0.329 e. The first-order chi connectivity index (χ1) is 7.99. The molecule has 0 saturated heterocycles. The second-order valence-electron chi connectivity index (χ2n) is 4.06. The number of hydrogen-bond donors (Lipinski definition) is 2. The van der Waals surface area contributed by atoms with Gasteiger partial charge in [0.2, 0.25) is 0 Å². The number of rotatable bonds is 2. The van der Waals surface area contributed by atoms with Crippen LogP contribution in [0.25, 0.3) is 0 Å². The molecule has 90 valence electrons. The maximum absolute atomic E-state index is 10.8. The fourth-order valence-electron chi connectivity index (χ4n) is 1.74. The third-order valence-corrected chi connectivity index (χ3v) is 3.77. The zero-order valence-electron chi connectivity index (χ0n) is 9.60. The molecule has 1 aliphatic rings. The zero-order valence-corrected chi connectivity index (χ0v) is 10.4. The first-order valence-corrected chi connectivity index (χ1v) is 6.21. The molecule has 1 heterocycles. The fourth-order valence-corrected chi connectivity index (χ4v) is 2.76. The van der Waals surface area contributed by atoms with E-state index in [4.69, 9.17) is 5.11 Å². The Bertz CT molecular complexity index is 487. The fraction of sp³-hybridized carbons (Fsp3) is 0.333. The summed E-state index contributed by atoms with van der Waals surface area (Å²) in [5.74, 6) is -0.129. The van der Waals surface area contributed by atoms with Crippen LogP contribution in [-0.4, -0.2) is 33.0 Å². The van der Waals surface area contributed by atoms with Crippen LogP contribution in [0.3, 0.4) is 0 Å². The van der Waals surface area contributed by atoms with Crippen molar-refractivity contribution in [3.8, 4) is 5.75 Å². The van der Waals surface area contributed by atoms with Crippen molar-refractivity contribution in [1.29, 1.82) is 0 Å². The summed E-state index contributed by atoms with van der Waals surface area (Å²) >= 11 is 1.44. The second kappa shape index (κ2) is 4.41. The summed E-state index contributed by atoms with van der Waals surface area (Å²) in [5.41, 5.74) is 2.44. The molecule has 0 aliphatic carbocycles. The highest BCUT2D eigenvalue weighted by molar-refractivity contribution is 8.14. The van der Waals surface area contributed by atoms with Gasteiger partial charge in [0.25, 0.3) is 0 Å². The Kier molecular flexibility index (Phi) is 3.11. The molecule has 0 amide bonds. The van der Waals surface area contributed by atoms with E-state index in [0.717, 1.165) is 21.7 Å². The summed E-state index contributed by atoms with van der Waals surface area (Å²) in [7, 11) is 0. The van der Waals surface area contributed by atoms with Crippen molar-refractivity contribution in [2.75, 3.05) is 5.75 Å². The van der Waals surface area contributed by atoms with Gasteiger partial charge in [0.05, 0.1) is 5.04 Å². The van der Waals surface area contributed by atoms with Crippen LogP contribution in [-0.2, 0) is 4.79 Å². The highest BCUT2D eigenvalue weighted by Gasteiger charge is 2.25. The predicted octanol–water partition coefficient (Wildman–Crippen LogP) is 1.96. The SMILES string of the molecule is Cc1cc(C2=NC(C(=O)O)CS2)cc(C)c1O. The number of thioether (sulfide) groups is 1. The summed E-state index contributed by atoms with van der Waals surface area (Å²) in [6.07, 6.45) is 0. The van der Waals surface area contributed by atoms with Gasteiger partial charge in [-0.25, -0.2) is 4.79 Å². The second-order valence-corrected chi connectivity index (χ2v) is 5.07. The Morgan fingerprint density at radius 3 is 2.47 bits per heavy atom. The van der Waals surface area contributed by atoms with E-state index in [1.54, 1.807) is 0 Å². The molecule has 1 aliphatic heterocycles. The van der Waals surface area contributed by atoms with Gasteiger partial charge in [-0.3, -0.25) is 4.99 Å². The van der Waals surface area contributed by atoms with Gasteiger partial charge in [0.1, 0.15) is 5.75 Å². The van der Waals surface area contributed by atoms with Crippen molar-refractivity contribution in [3.63, 3.8) is 0 Å². The van der Waals surface area contributed by atoms with Crippen LogP contribution >= 0.6 is 11.8 Å². The van der Waals surface area contributed by atoms with Crippen LogP contribution in [0.4, 0.5) is 0 Å². The van der Waals surface area contributed by atoms with Gasteiger partial charge in [-0.2, -0.15) is 0 Å². The van der Waals surface area contributed by atoms with Crippen molar-refractivity contribution >= 4 is 22.8 Å². The molecular weight excluding hydrogens is 238 g/mol. The van der Waals surface area contributed by atoms with E-state index in [9.17, 15) is 9.90 Å². The molecule has 1 aromatic rings. The van der Waals surface area contributed by atoms with Crippen LogP contribution in [0.15, 0.2) is 17.1 Å². The van der Waals surface area contributed by atoms with Gasteiger partial charge >= 0.3 is 5.97 Å². The molecule has 2 N–H and O–H groups in total. The average Bonchev–Trinajstić information content (AvgIpc) is 2.74. The number of carboxylic acid groups (broad SMARTS) is 1. The molecule has 1 aromatic carbocycles. The van der Waals surface area contributed by atoms with Gasteiger partial charge in [-0.05, 0) is 37.1 Å². The number of aryl methyl sites for hydroxylation is 2. The first-order valence-electron chi connectivity index (χ1n) is 5.23. The summed E-state index contributed by atoms with van der Waals surface area (Å²) < 4.78 is 0. The Balaban J connectivity index is 2.36. The maximum Gasteiger partial charge on any atom is 0.329 e. The van der Waals surface area contributed by atoms with Crippen molar-refractivity contribution in [1.82, 2.24) is 0 Å². The highest BCUT2D eigenvalue weighted by Crippen LogP contribution is 2.28. The van der Waals surface area contributed by atoms with Gasteiger partial charge in [0.15, 0.2) is 6.04 Å². The van der Waals surface area contributed by atoms with E-state index in [2.05, 4.69) is 4.99 Å². The van der Waals surface area contributed by atoms with E-state index < -0.39 is 12.0 Å². The molecule has 4 nitrogen and oxygen atoms in total. The number of carboxylic acids is 1. The quantitative estimate of drug-likeness (QED) is 0.843. The Labute approximate surface area is 103 Å². The molecule has 0 radical (unpaired) electrons. The van der Waals surface area contributed by atoms with Crippen molar-refractivity contribution in [2.24, 2.45) is 4.99 Å². The maximum atomic E-state index is 10.8. The van der Waals surface area contributed by atoms with Crippen LogP contribution in [0.5, 0.6) is 5.75 Å². The molecule has 1 atom stereocenters. The third kappa shape index (κ3) is 2.29. The first kappa shape index (κ1) is 12.0. The minimum atomic E-state index is -0.889. The number of aromatic hydroxyl groups is 1. The number of benzene rings is 1. The van der Waals surface area contributed by atoms with E-state index in [-0.39, 0.29) is 5.75 Å². The molecule has 2 rings (SSSR count). The molecule has 5 heteroatoms. The Hall–Kier alpha value is -1.49. The molecule has 1 unspecified atom stereocenters. The van der Waals surface area contributed by atoms with Gasteiger partial charge < -0.3 is 10.2 Å². The summed E-state index contributed by atoms with van der Waals surface area (Å²) in [6, 6.07) is 3.01. The Morgan fingerprint density at radius 2 is 2.00 bits per heavy atom. The molecule has 0 bridgehead atoms. The average molecular weight is 251 g/mol. The van der Waals surface area contributed by atoms with Gasteiger partial charge in [-0.1, -0.05) is 0 Å². The van der Waals surface area contributed by atoms with Gasteiger partial charge in [-0.15, -0.1) is 11.8 Å². The number of phenolic OH excluding ortho intramolecular Hbond substituents is 1. The van der Waals surface area contributed by atoms with Crippen LogP contribution < -0.4 is 0 Å². The minimum Gasteiger partial charge on any atom is -0.507 e. The monoisotopic (exact) mass is 251 g/mol. The highest BCUT2D eigenvalue weighted by atomic mass is 32.2.